The molecular formula is C13H16O2. The van der Waals surface area contributed by atoms with Gasteiger partial charge in [-0.3, -0.25) is 4.79 Å². The summed E-state index contributed by atoms with van der Waals surface area (Å²) in [6.45, 7) is 4.35. The van der Waals surface area contributed by atoms with Crippen LogP contribution in [-0.4, -0.2) is 12.4 Å². The highest BCUT2D eigenvalue weighted by Crippen LogP contribution is 2.48. The zero-order valence-corrected chi connectivity index (χ0v) is 9.19. The molecule has 2 nitrogen and oxygen atoms in total. The van der Waals surface area contributed by atoms with Crippen LogP contribution < -0.4 is 4.74 Å². The van der Waals surface area contributed by atoms with Gasteiger partial charge in [0.2, 0.25) is 0 Å². The van der Waals surface area contributed by atoms with Crippen LogP contribution >= 0.6 is 0 Å². The zero-order chi connectivity index (χ0) is 10.8. The predicted molar refractivity (Wildman–Crippen MR) is 59.1 cm³/mol. The van der Waals surface area contributed by atoms with Crippen molar-refractivity contribution >= 4 is 5.78 Å². The van der Waals surface area contributed by atoms with E-state index in [1.54, 1.807) is 6.92 Å². The smallest absolute Gasteiger partial charge is 0.133 e. The molecule has 1 saturated carbocycles. The number of ketones is 1. The largest absolute Gasteiger partial charge is 0.494 e. The standard InChI is InChI=1S/C13H16O2/c1-3-15-11-6-4-10(5-7-11)13-8-12(13)9(2)14/h4-7,12-13H,3,8H2,1-2H3/t12-,13-/m1/s1. The minimum atomic E-state index is 0.267. The van der Waals surface area contributed by atoms with Gasteiger partial charge in [-0.2, -0.15) is 0 Å². The van der Waals surface area contributed by atoms with Gasteiger partial charge < -0.3 is 4.74 Å². The Balaban J connectivity index is 2.03. The van der Waals surface area contributed by atoms with E-state index in [0.29, 0.717) is 18.3 Å². The molecule has 1 aliphatic rings. The molecule has 1 aromatic rings. The van der Waals surface area contributed by atoms with Gasteiger partial charge in [0.25, 0.3) is 0 Å². The number of carbonyl (C=O) groups is 1. The monoisotopic (exact) mass is 204 g/mol. The van der Waals surface area contributed by atoms with Crippen molar-refractivity contribution in [2.45, 2.75) is 26.2 Å². The van der Waals surface area contributed by atoms with E-state index in [1.165, 1.54) is 5.56 Å². The summed E-state index contributed by atoms with van der Waals surface area (Å²) in [5.74, 6) is 1.94. The number of hydrogen-bond acceptors (Lipinski definition) is 2. The average Bonchev–Trinajstić information content (AvgIpc) is 2.99. The van der Waals surface area contributed by atoms with Crippen LogP contribution in [0.25, 0.3) is 0 Å². The molecule has 1 fully saturated rings. The lowest BCUT2D eigenvalue weighted by molar-refractivity contribution is -0.118. The normalized spacial score (nSPS) is 23.6. The Morgan fingerprint density at radius 3 is 2.53 bits per heavy atom. The van der Waals surface area contributed by atoms with Gasteiger partial charge in [-0.05, 0) is 43.9 Å². The second-order valence-corrected chi connectivity index (χ2v) is 4.06. The van der Waals surface area contributed by atoms with Gasteiger partial charge in [-0.15, -0.1) is 0 Å². The number of hydrogen-bond donors (Lipinski definition) is 0. The Morgan fingerprint density at radius 2 is 2.07 bits per heavy atom. The number of ether oxygens (including phenoxy) is 1. The summed E-state index contributed by atoms with van der Waals surface area (Å²) in [5.41, 5.74) is 1.26. The van der Waals surface area contributed by atoms with Gasteiger partial charge >= 0.3 is 0 Å². The van der Waals surface area contributed by atoms with E-state index in [1.807, 2.05) is 19.1 Å². The van der Waals surface area contributed by atoms with E-state index >= 15 is 0 Å². The molecule has 80 valence electrons. The topological polar surface area (TPSA) is 26.3 Å². The zero-order valence-electron chi connectivity index (χ0n) is 9.19. The third-order valence-corrected chi connectivity index (χ3v) is 2.93. The summed E-state index contributed by atoms with van der Waals surface area (Å²) in [6, 6.07) is 8.10. The van der Waals surface area contributed by atoms with Crippen molar-refractivity contribution in [1.82, 2.24) is 0 Å². The average molecular weight is 204 g/mol. The summed E-state index contributed by atoms with van der Waals surface area (Å²) in [4.78, 5) is 11.1. The fourth-order valence-electron chi connectivity index (χ4n) is 1.99. The lowest BCUT2D eigenvalue weighted by Crippen LogP contribution is -1.95. The van der Waals surface area contributed by atoms with Crippen molar-refractivity contribution in [3.63, 3.8) is 0 Å². The predicted octanol–water partition coefficient (Wildman–Crippen LogP) is 2.78. The molecule has 2 rings (SSSR count). The lowest BCUT2D eigenvalue weighted by Gasteiger charge is -2.04. The fraction of sp³-hybridized carbons (Fsp3) is 0.462. The van der Waals surface area contributed by atoms with Crippen molar-refractivity contribution in [2.24, 2.45) is 5.92 Å². The van der Waals surface area contributed by atoms with Crippen LogP contribution in [0.2, 0.25) is 0 Å². The van der Waals surface area contributed by atoms with Crippen LogP contribution in [0.1, 0.15) is 31.7 Å². The van der Waals surface area contributed by atoms with E-state index < -0.39 is 0 Å². The second kappa shape index (κ2) is 4.05. The van der Waals surface area contributed by atoms with Crippen LogP contribution in [0.4, 0.5) is 0 Å². The molecule has 0 radical (unpaired) electrons. The molecule has 0 amide bonds. The van der Waals surface area contributed by atoms with Gasteiger partial charge in [-0.1, -0.05) is 12.1 Å². The van der Waals surface area contributed by atoms with Crippen molar-refractivity contribution in [3.8, 4) is 5.75 Å². The molecule has 0 aliphatic heterocycles. The third-order valence-electron chi connectivity index (χ3n) is 2.93. The van der Waals surface area contributed by atoms with Crippen LogP contribution in [0.5, 0.6) is 5.75 Å². The van der Waals surface area contributed by atoms with Gasteiger partial charge in [0.05, 0.1) is 6.61 Å². The molecule has 0 unspecified atom stereocenters. The lowest BCUT2D eigenvalue weighted by atomic mass is 10.1. The van der Waals surface area contributed by atoms with E-state index in [-0.39, 0.29) is 5.92 Å². The van der Waals surface area contributed by atoms with Gasteiger partial charge in [0, 0.05) is 5.92 Å². The molecule has 1 aromatic carbocycles. The van der Waals surface area contributed by atoms with E-state index in [0.717, 1.165) is 12.2 Å². The van der Waals surface area contributed by atoms with Crippen molar-refractivity contribution in [2.75, 3.05) is 6.61 Å². The summed E-state index contributed by atoms with van der Waals surface area (Å²) in [5, 5.41) is 0. The third kappa shape index (κ3) is 2.20. The molecule has 0 spiro atoms. The summed E-state index contributed by atoms with van der Waals surface area (Å²) < 4.78 is 5.37. The maximum atomic E-state index is 11.1. The first-order valence-electron chi connectivity index (χ1n) is 5.45. The number of rotatable bonds is 4. The summed E-state index contributed by atoms with van der Waals surface area (Å²) in [7, 11) is 0. The van der Waals surface area contributed by atoms with Crippen molar-refractivity contribution in [3.05, 3.63) is 29.8 Å². The van der Waals surface area contributed by atoms with Gasteiger partial charge in [0.15, 0.2) is 0 Å². The molecule has 0 aromatic heterocycles. The Kier molecular flexibility index (Phi) is 2.76. The first-order chi connectivity index (χ1) is 7.22. The maximum Gasteiger partial charge on any atom is 0.133 e. The highest BCUT2D eigenvalue weighted by Gasteiger charge is 2.41. The number of Topliss-reactive ketones (excluding diaryl/α,β-unsaturated/α-hetero) is 1. The van der Waals surface area contributed by atoms with E-state index in [9.17, 15) is 4.79 Å². The SMILES string of the molecule is CCOc1ccc([C@H]2C[C@@H]2C(C)=O)cc1. The van der Waals surface area contributed by atoms with Crippen LogP contribution in [0.3, 0.4) is 0 Å². The molecule has 0 N–H and O–H groups in total. The molecule has 0 saturated heterocycles. The molecule has 2 atom stereocenters. The Hall–Kier alpha value is -1.31. The molecule has 2 heteroatoms. The van der Waals surface area contributed by atoms with Crippen LogP contribution in [-0.2, 0) is 4.79 Å². The Morgan fingerprint density at radius 1 is 1.40 bits per heavy atom. The molecule has 0 heterocycles. The summed E-state index contributed by atoms with van der Waals surface area (Å²) in [6.07, 6.45) is 1.02. The summed E-state index contributed by atoms with van der Waals surface area (Å²) >= 11 is 0. The minimum Gasteiger partial charge on any atom is -0.494 e. The van der Waals surface area contributed by atoms with Gasteiger partial charge in [-0.25, -0.2) is 0 Å². The maximum absolute atomic E-state index is 11.1. The highest BCUT2D eigenvalue weighted by atomic mass is 16.5. The van der Waals surface area contributed by atoms with E-state index in [2.05, 4.69) is 12.1 Å². The van der Waals surface area contributed by atoms with Gasteiger partial charge in [0.1, 0.15) is 11.5 Å². The highest BCUT2D eigenvalue weighted by molar-refractivity contribution is 5.82. The van der Waals surface area contributed by atoms with Crippen molar-refractivity contribution < 1.29 is 9.53 Å². The first-order valence-corrected chi connectivity index (χ1v) is 5.45. The van der Waals surface area contributed by atoms with Crippen LogP contribution in [0.15, 0.2) is 24.3 Å². The van der Waals surface area contributed by atoms with Crippen LogP contribution in [0, 0.1) is 5.92 Å². The molecular weight excluding hydrogens is 188 g/mol. The van der Waals surface area contributed by atoms with E-state index in [4.69, 9.17) is 4.74 Å². The quantitative estimate of drug-likeness (QED) is 0.753. The van der Waals surface area contributed by atoms with Crippen molar-refractivity contribution in [1.29, 1.82) is 0 Å². The Bertz CT molecular complexity index is 353. The molecule has 15 heavy (non-hydrogen) atoms. The molecule has 1 aliphatic carbocycles. The first kappa shape index (κ1) is 10.2. The number of carbonyl (C=O) groups excluding carboxylic acids is 1. The second-order valence-electron chi connectivity index (χ2n) is 4.06. The molecule has 0 bridgehead atoms. The minimum absolute atomic E-state index is 0.267. The Labute approximate surface area is 90.3 Å². The number of benzene rings is 1. The fourth-order valence-corrected chi connectivity index (χ4v) is 1.99.